The zero-order valence-corrected chi connectivity index (χ0v) is 21.1. The van der Waals surface area contributed by atoms with Crippen molar-refractivity contribution in [1.82, 2.24) is 0 Å². The standard InChI is InChI=1S/C26H29N3O5S/c1-26(2,3)18-8-6-17(7-9-18)24(30)28-23-16-20(29-35(5,32)33)12-15-22(23)25(31)27-19-10-13-21(34-4)14-11-19/h6-16,29H,1-5H3,(H,27,31)(H,28,30). The van der Waals surface area contributed by atoms with Crippen molar-refractivity contribution < 1.29 is 22.7 Å². The van der Waals surface area contributed by atoms with Gasteiger partial charge in [0.15, 0.2) is 0 Å². The molecule has 0 aliphatic rings. The Balaban J connectivity index is 1.90. The van der Waals surface area contributed by atoms with Gasteiger partial charge in [0.25, 0.3) is 11.8 Å². The summed E-state index contributed by atoms with van der Waals surface area (Å²) in [4.78, 5) is 26.0. The molecule has 184 valence electrons. The summed E-state index contributed by atoms with van der Waals surface area (Å²) in [5.74, 6) is -0.260. The summed E-state index contributed by atoms with van der Waals surface area (Å²) >= 11 is 0. The average molecular weight is 496 g/mol. The largest absolute Gasteiger partial charge is 0.497 e. The van der Waals surface area contributed by atoms with Gasteiger partial charge in [-0.25, -0.2) is 8.42 Å². The summed E-state index contributed by atoms with van der Waals surface area (Å²) in [5, 5.41) is 5.51. The van der Waals surface area contributed by atoms with E-state index in [2.05, 4.69) is 36.1 Å². The van der Waals surface area contributed by atoms with Gasteiger partial charge in [-0.3, -0.25) is 14.3 Å². The van der Waals surface area contributed by atoms with Gasteiger partial charge in [0, 0.05) is 11.3 Å². The fourth-order valence-electron chi connectivity index (χ4n) is 3.31. The van der Waals surface area contributed by atoms with Crippen LogP contribution >= 0.6 is 0 Å². The van der Waals surface area contributed by atoms with Crippen molar-refractivity contribution in [2.24, 2.45) is 0 Å². The van der Waals surface area contributed by atoms with Crippen molar-refractivity contribution in [2.45, 2.75) is 26.2 Å². The molecular weight excluding hydrogens is 466 g/mol. The first-order chi connectivity index (χ1) is 16.4. The van der Waals surface area contributed by atoms with E-state index in [0.29, 0.717) is 17.0 Å². The quantitative estimate of drug-likeness (QED) is 0.433. The van der Waals surface area contributed by atoms with Crippen LogP contribution in [0.5, 0.6) is 5.75 Å². The molecule has 35 heavy (non-hydrogen) atoms. The number of carbonyl (C=O) groups excluding carboxylic acids is 2. The van der Waals surface area contributed by atoms with E-state index in [4.69, 9.17) is 4.74 Å². The zero-order chi connectivity index (χ0) is 25.8. The fourth-order valence-corrected chi connectivity index (χ4v) is 3.87. The third kappa shape index (κ3) is 7.07. The summed E-state index contributed by atoms with van der Waals surface area (Å²) in [6.07, 6.45) is 1.02. The Labute approximate surface area is 205 Å². The van der Waals surface area contributed by atoms with Crippen molar-refractivity contribution >= 4 is 38.9 Å². The Kier molecular flexibility index (Phi) is 7.50. The molecule has 0 heterocycles. The monoisotopic (exact) mass is 495 g/mol. The van der Waals surface area contributed by atoms with E-state index >= 15 is 0 Å². The predicted molar refractivity (Wildman–Crippen MR) is 139 cm³/mol. The lowest BCUT2D eigenvalue weighted by atomic mass is 9.86. The number of anilines is 3. The predicted octanol–water partition coefficient (Wildman–Crippen LogP) is 4.87. The van der Waals surface area contributed by atoms with Crippen molar-refractivity contribution in [3.8, 4) is 5.75 Å². The molecule has 0 saturated heterocycles. The second-order valence-electron chi connectivity index (χ2n) is 9.10. The molecule has 9 heteroatoms. The van der Waals surface area contributed by atoms with Crippen LogP contribution in [0.1, 0.15) is 47.1 Å². The minimum atomic E-state index is -3.56. The molecule has 8 nitrogen and oxygen atoms in total. The van der Waals surface area contributed by atoms with Crippen LogP contribution in [0.2, 0.25) is 0 Å². The van der Waals surface area contributed by atoms with Gasteiger partial charge in [-0.2, -0.15) is 0 Å². The Hall–Kier alpha value is -3.85. The van der Waals surface area contributed by atoms with Gasteiger partial charge in [0.05, 0.1) is 30.3 Å². The van der Waals surface area contributed by atoms with E-state index in [9.17, 15) is 18.0 Å². The topological polar surface area (TPSA) is 114 Å². The van der Waals surface area contributed by atoms with Crippen molar-refractivity contribution in [3.63, 3.8) is 0 Å². The van der Waals surface area contributed by atoms with Crippen LogP contribution in [0.25, 0.3) is 0 Å². The normalized spacial score (nSPS) is 11.5. The van der Waals surface area contributed by atoms with Crippen LogP contribution in [0.4, 0.5) is 17.1 Å². The minimum absolute atomic E-state index is 0.0621. The van der Waals surface area contributed by atoms with Gasteiger partial charge in [-0.15, -0.1) is 0 Å². The number of carbonyl (C=O) groups is 2. The van der Waals surface area contributed by atoms with E-state index in [-0.39, 0.29) is 22.4 Å². The lowest BCUT2D eigenvalue weighted by Crippen LogP contribution is -2.19. The lowest BCUT2D eigenvalue weighted by molar-refractivity contribution is 0.102. The maximum Gasteiger partial charge on any atom is 0.257 e. The molecule has 0 saturated carbocycles. The van der Waals surface area contributed by atoms with Crippen LogP contribution < -0.4 is 20.1 Å². The van der Waals surface area contributed by atoms with Crippen LogP contribution in [0.3, 0.4) is 0 Å². The van der Waals surface area contributed by atoms with Gasteiger partial charge in [0.2, 0.25) is 10.0 Å². The molecule has 3 rings (SSSR count). The Morgan fingerprint density at radius 2 is 1.40 bits per heavy atom. The maximum absolute atomic E-state index is 13.0. The van der Waals surface area contributed by atoms with Gasteiger partial charge in [-0.1, -0.05) is 32.9 Å². The SMILES string of the molecule is COc1ccc(NC(=O)c2ccc(NS(C)(=O)=O)cc2NC(=O)c2ccc(C(C)(C)C)cc2)cc1. The first-order valence-electron chi connectivity index (χ1n) is 10.8. The second-order valence-corrected chi connectivity index (χ2v) is 10.8. The molecule has 0 aromatic heterocycles. The summed E-state index contributed by atoms with van der Waals surface area (Å²) in [5.41, 5.74) is 2.49. The Morgan fingerprint density at radius 1 is 0.800 bits per heavy atom. The number of amides is 2. The molecule has 0 atom stereocenters. The van der Waals surface area contributed by atoms with Crippen LogP contribution in [0.15, 0.2) is 66.7 Å². The number of sulfonamides is 1. The van der Waals surface area contributed by atoms with Crippen LogP contribution in [-0.2, 0) is 15.4 Å². The first-order valence-corrected chi connectivity index (χ1v) is 12.7. The molecule has 0 aliphatic carbocycles. The highest BCUT2D eigenvalue weighted by atomic mass is 32.2. The van der Waals surface area contributed by atoms with E-state index in [0.717, 1.165) is 11.8 Å². The summed E-state index contributed by atoms with van der Waals surface area (Å²) in [6, 6.07) is 18.3. The maximum atomic E-state index is 13.0. The number of rotatable bonds is 7. The summed E-state index contributed by atoms with van der Waals surface area (Å²) in [7, 11) is -2.01. The third-order valence-corrected chi connectivity index (χ3v) is 5.78. The first kappa shape index (κ1) is 25.8. The Bertz CT molecular complexity index is 1330. The van der Waals surface area contributed by atoms with Gasteiger partial charge < -0.3 is 15.4 Å². The Morgan fingerprint density at radius 3 is 1.94 bits per heavy atom. The number of methoxy groups -OCH3 is 1. The highest BCUT2D eigenvalue weighted by Gasteiger charge is 2.18. The lowest BCUT2D eigenvalue weighted by Gasteiger charge is -2.19. The second kappa shape index (κ2) is 10.2. The molecule has 0 bridgehead atoms. The van der Waals surface area contributed by atoms with E-state index in [1.54, 1.807) is 43.5 Å². The molecule has 3 aromatic rings. The minimum Gasteiger partial charge on any atom is -0.497 e. The third-order valence-electron chi connectivity index (χ3n) is 5.18. The average Bonchev–Trinajstić information content (AvgIpc) is 2.78. The molecular formula is C26H29N3O5S. The van der Waals surface area contributed by atoms with E-state index in [1.165, 1.54) is 18.2 Å². The molecule has 3 aromatic carbocycles. The highest BCUT2D eigenvalue weighted by Crippen LogP contribution is 2.26. The summed E-state index contributed by atoms with van der Waals surface area (Å²) in [6.45, 7) is 6.24. The zero-order valence-electron chi connectivity index (χ0n) is 20.3. The van der Waals surface area contributed by atoms with Crippen LogP contribution in [-0.4, -0.2) is 33.6 Å². The van der Waals surface area contributed by atoms with Gasteiger partial charge in [0.1, 0.15) is 5.75 Å². The van der Waals surface area contributed by atoms with E-state index < -0.39 is 21.8 Å². The molecule has 3 N–H and O–H groups in total. The molecule has 0 spiro atoms. The molecule has 0 radical (unpaired) electrons. The number of hydrogen-bond acceptors (Lipinski definition) is 5. The highest BCUT2D eigenvalue weighted by molar-refractivity contribution is 7.92. The van der Waals surface area contributed by atoms with Crippen LogP contribution in [0, 0.1) is 0 Å². The van der Waals surface area contributed by atoms with Crippen molar-refractivity contribution in [1.29, 1.82) is 0 Å². The number of benzene rings is 3. The molecule has 0 fully saturated rings. The fraction of sp³-hybridized carbons (Fsp3) is 0.231. The van der Waals surface area contributed by atoms with Gasteiger partial charge >= 0.3 is 0 Å². The van der Waals surface area contributed by atoms with Gasteiger partial charge in [-0.05, 0) is 65.6 Å². The number of hydrogen-bond donors (Lipinski definition) is 3. The smallest absolute Gasteiger partial charge is 0.257 e. The van der Waals surface area contributed by atoms with E-state index in [1.807, 2.05) is 12.1 Å². The number of ether oxygens (including phenoxy) is 1. The number of nitrogens with one attached hydrogen (secondary N) is 3. The molecule has 0 unspecified atom stereocenters. The van der Waals surface area contributed by atoms with Crippen molar-refractivity contribution in [3.05, 3.63) is 83.4 Å². The molecule has 2 amide bonds. The summed E-state index contributed by atoms with van der Waals surface area (Å²) < 4.78 is 30.9. The van der Waals surface area contributed by atoms with Crippen molar-refractivity contribution in [2.75, 3.05) is 28.7 Å². The molecule has 0 aliphatic heterocycles.